The van der Waals surface area contributed by atoms with Crippen molar-refractivity contribution in [1.82, 2.24) is 10.3 Å². The summed E-state index contributed by atoms with van der Waals surface area (Å²) in [6, 6.07) is 10.2. The molecule has 184 valence electrons. The van der Waals surface area contributed by atoms with E-state index in [1.54, 1.807) is 25.3 Å². The zero-order chi connectivity index (χ0) is 22.8. The summed E-state index contributed by atoms with van der Waals surface area (Å²) in [5.41, 5.74) is 3.92. The number of nitrogens with zero attached hydrogens (tertiary/aromatic N) is 1. The topological polar surface area (TPSA) is 83.5 Å². The van der Waals surface area contributed by atoms with Crippen LogP contribution in [0, 0.1) is 0 Å². The molecule has 6 nitrogen and oxygen atoms in total. The molecular weight excluding hydrogens is 497 g/mol. The van der Waals surface area contributed by atoms with Crippen molar-refractivity contribution in [2.75, 3.05) is 19.5 Å². The molecule has 1 fully saturated rings. The fourth-order valence-electron chi connectivity index (χ4n) is 4.42. The maximum Gasteiger partial charge on any atom is 0.176 e. The minimum absolute atomic E-state index is 0. The van der Waals surface area contributed by atoms with Crippen LogP contribution in [0.15, 0.2) is 36.5 Å². The molecular formula is C25H30Cl3N3O3. The molecule has 1 aliphatic rings. The lowest BCUT2D eigenvalue weighted by Gasteiger charge is -2.30. The number of carbonyl (C=O) groups is 1. The molecule has 0 bridgehead atoms. The van der Waals surface area contributed by atoms with Crippen molar-refractivity contribution < 1.29 is 14.6 Å². The van der Waals surface area contributed by atoms with Gasteiger partial charge in [-0.3, -0.25) is 9.78 Å². The van der Waals surface area contributed by atoms with Crippen molar-refractivity contribution in [3.05, 3.63) is 47.1 Å². The summed E-state index contributed by atoms with van der Waals surface area (Å²) >= 11 is 6.21. The van der Waals surface area contributed by atoms with E-state index in [0.717, 1.165) is 53.4 Å². The van der Waals surface area contributed by atoms with Crippen molar-refractivity contribution >= 4 is 58.8 Å². The molecule has 9 heteroatoms. The van der Waals surface area contributed by atoms with Gasteiger partial charge in [-0.1, -0.05) is 17.7 Å². The Hall–Kier alpha value is -2.25. The highest BCUT2D eigenvalue weighted by molar-refractivity contribution is 6.32. The van der Waals surface area contributed by atoms with Gasteiger partial charge in [0.05, 0.1) is 28.9 Å². The summed E-state index contributed by atoms with van der Waals surface area (Å²) in [6.07, 6.45) is 5.94. The number of aromatic hydroxyl groups is 1. The average Bonchev–Trinajstić information content (AvgIpc) is 2.81. The van der Waals surface area contributed by atoms with E-state index in [9.17, 15) is 9.90 Å². The number of carbonyl (C=O) groups excluding carboxylic acids is 1. The number of phenols is 1. The molecule has 4 rings (SSSR count). The number of nitrogens with one attached hydrogen (secondary N) is 2. The smallest absolute Gasteiger partial charge is 0.176 e. The first-order valence-electron chi connectivity index (χ1n) is 10.9. The minimum Gasteiger partial charge on any atom is -0.503 e. The minimum atomic E-state index is -0.0845. The summed E-state index contributed by atoms with van der Waals surface area (Å²) in [5.74, 6) is 0.201. The molecule has 1 heterocycles. The molecule has 34 heavy (non-hydrogen) atoms. The summed E-state index contributed by atoms with van der Waals surface area (Å²) < 4.78 is 5.26. The Balaban J connectivity index is 0.00000204. The number of ether oxygens (including phenoxy) is 1. The van der Waals surface area contributed by atoms with E-state index < -0.39 is 0 Å². The van der Waals surface area contributed by atoms with Crippen molar-refractivity contribution in [3.8, 4) is 22.6 Å². The van der Waals surface area contributed by atoms with Crippen LogP contribution >= 0.6 is 36.4 Å². The van der Waals surface area contributed by atoms with Gasteiger partial charge in [0.2, 0.25) is 0 Å². The van der Waals surface area contributed by atoms with E-state index in [-0.39, 0.29) is 41.4 Å². The third-order valence-electron chi connectivity index (χ3n) is 6.31. The second-order valence-corrected chi connectivity index (χ2v) is 8.73. The largest absolute Gasteiger partial charge is 0.503 e. The summed E-state index contributed by atoms with van der Waals surface area (Å²) in [4.78, 5) is 16.9. The molecule has 3 aromatic rings. The van der Waals surface area contributed by atoms with E-state index in [1.807, 2.05) is 25.2 Å². The highest BCUT2D eigenvalue weighted by atomic mass is 35.5. The molecule has 0 radical (unpaired) electrons. The molecule has 0 amide bonds. The van der Waals surface area contributed by atoms with Crippen LogP contribution in [-0.2, 0) is 0 Å². The first-order valence-corrected chi connectivity index (χ1v) is 11.2. The molecule has 0 spiro atoms. The number of hydrogen-bond donors (Lipinski definition) is 3. The van der Waals surface area contributed by atoms with Crippen LogP contribution in [0.5, 0.6) is 11.5 Å². The number of methoxy groups -OCH3 is 1. The summed E-state index contributed by atoms with van der Waals surface area (Å²) in [6.45, 7) is 1.57. The average molecular weight is 527 g/mol. The number of pyridine rings is 1. The number of halogens is 3. The first kappa shape index (κ1) is 28.0. The van der Waals surface area contributed by atoms with Crippen LogP contribution in [0.2, 0.25) is 5.02 Å². The number of aromatic nitrogens is 1. The van der Waals surface area contributed by atoms with Crippen molar-refractivity contribution in [2.45, 2.75) is 44.7 Å². The van der Waals surface area contributed by atoms with Gasteiger partial charge >= 0.3 is 0 Å². The molecule has 0 unspecified atom stereocenters. The van der Waals surface area contributed by atoms with Crippen LogP contribution in [0.25, 0.3) is 22.0 Å². The normalized spacial score (nSPS) is 17.4. The fraction of sp³-hybridized carbons (Fsp3) is 0.360. The first-order chi connectivity index (χ1) is 15.4. The van der Waals surface area contributed by atoms with Gasteiger partial charge in [-0.25, -0.2) is 0 Å². The Morgan fingerprint density at radius 1 is 1.09 bits per heavy atom. The van der Waals surface area contributed by atoms with Crippen molar-refractivity contribution in [3.63, 3.8) is 0 Å². The molecule has 1 aromatic heterocycles. The van der Waals surface area contributed by atoms with Crippen molar-refractivity contribution in [2.24, 2.45) is 0 Å². The molecule has 1 saturated carbocycles. The zero-order valence-corrected chi connectivity index (χ0v) is 21.7. The summed E-state index contributed by atoms with van der Waals surface area (Å²) in [5, 5.41) is 18.2. The van der Waals surface area contributed by atoms with Gasteiger partial charge in [0, 0.05) is 23.7 Å². The summed E-state index contributed by atoms with van der Waals surface area (Å²) in [7, 11) is 3.50. The Kier molecular flexibility index (Phi) is 9.83. The number of fused-ring (bicyclic) bond motifs is 1. The highest BCUT2D eigenvalue weighted by Gasteiger charge is 2.22. The quantitative estimate of drug-likeness (QED) is 0.329. The third-order valence-corrected chi connectivity index (χ3v) is 6.60. The predicted molar refractivity (Wildman–Crippen MR) is 144 cm³/mol. The Bertz CT molecular complexity index is 1170. The van der Waals surface area contributed by atoms with Gasteiger partial charge in [-0.05, 0) is 75.0 Å². The Morgan fingerprint density at radius 2 is 1.76 bits per heavy atom. The molecule has 0 aliphatic heterocycles. The number of ketones is 1. The molecule has 0 saturated heterocycles. The van der Waals surface area contributed by atoms with Crippen LogP contribution in [0.4, 0.5) is 5.69 Å². The number of anilines is 1. The van der Waals surface area contributed by atoms with Crippen LogP contribution in [0.1, 0.15) is 43.0 Å². The Labute approximate surface area is 217 Å². The molecule has 3 N–H and O–H groups in total. The van der Waals surface area contributed by atoms with E-state index >= 15 is 0 Å². The third kappa shape index (κ3) is 5.69. The molecule has 1 aliphatic carbocycles. The molecule has 0 atom stereocenters. The lowest BCUT2D eigenvalue weighted by Crippen LogP contribution is -2.35. The van der Waals surface area contributed by atoms with E-state index in [2.05, 4.69) is 15.6 Å². The maximum absolute atomic E-state index is 12.4. The monoisotopic (exact) mass is 525 g/mol. The second kappa shape index (κ2) is 11.9. The van der Waals surface area contributed by atoms with E-state index in [1.165, 1.54) is 7.11 Å². The maximum atomic E-state index is 12.4. The molecule has 2 aromatic carbocycles. The predicted octanol–water partition coefficient (Wildman–Crippen LogP) is 6.26. The van der Waals surface area contributed by atoms with Gasteiger partial charge in [-0.2, -0.15) is 0 Å². The number of phenolic OH excluding ortho intramolecular Hbond substituents is 1. The van der Waals surface area contributed by atoms with Gasteiger partial charge in [0.25, 0.3) is 0 Å². The van der Waals surface area contributed by atoms with Gasteiger partial charge in [0.15, 0.2) is 17.3 Å². The van der Waals surface area contributed by atoms with Gasteiger partial charge in [0.1, 0.15) is 0 Å². The number of hydrogen-bond acceptors (Lipinski definition) is 6. The van der Waals surface area contributed by atoms with Crippen LogP contribution < -0.4 is 15.4 Å². The number of rotatable bonds is 6. The lowest BCUT2D eigenvalue weighted by atomic mass is 9.90. The number of Topliss-reactive ketones (excluding diaryl/α,β-unsaturated/α-hetero) is 1. The van der Waals surface area contributed by atoms with Crippen LogP contribution in [-0.4, -0.2) is 42.1 Å². The lowest BCUT2D eigenvalue weighted by molar-refractivity contribution is 0.101. The standard InChI is InChI=1S/C25H28ClN3O3.2ClH/c1-14(30)20-13-28-22-9-4-15(16-11-21(26)25(31)23(12-16)32-3)10-19(22)24(20)29-18-7-5-17(27-2)6-8-18;;/h4,9-13,17-18,27,31H,5-8H2,1-3H3,(H,28,29);2*1H/t17-,18-;;. The van der Waals surface area contributed by atoms with Crippen molar-refractivity contribution in [1.29, 1.82) is 0 Å². The zero-order valence-electron chi connectivity index (χ0n) is 19.4. The SMILES string of the molecule is CN[C@H]1CC[C@H](Nc2c(C(C)=O)cnc3ccc(-c4cc(Cl)c(O)c(OC)c4)cc23)CC1.Cl.Cl. The van der Waals surface area contributed by atoms with Gasteiger partial charge in [-0.15, -0.1) is 24.8 Å². The van der Waals surface area contributed by atoms with Crippen LogP contribution in [0.3, 0.4) is 0 Å². The Morgan fingerprint density at radius 3 is 2.38 bits per heavy atom. The fourth-order valence-corrected chi connectivity index (χ4v) is 4.63. The van der Waals surface area contributed by atoms with E-state index in [0.29, 0.717) is 23.4 Å². The highest BCUT2D eigenvalue weighted by Crippen LogP contribution is 2.40. The van der Waals surface area contributed by atoms with Gasteiger partial charge < -0.3 is 20.5 Å². The number of benzene rings is 2. The second-order valence-electron chi connectivity index (χ2n) is 8.33. The van der Waals surface area contributed by atoms with E-state index in [4.69, 9.17) is 16.3 Å².